The van der Waals surface area contributed by atoms with Crippen molar-refractivity contribution in [3.8, 4) is 0 Å². The number of nitrogens with one attached hydrogen (secondary N) is 1. The molecule has 0 aliphatic carbocycles. The number of anilines is 1. The van der Waals surface area contributed by atoms with Gasteiger partial charge >= 0.3 is 0 Å². The van der Waals surface area contributed by atoms with Crippen LogP contribution in [0.5, 0.6) is 0 Å². The summed E-state index contributed by atoms with van der Waals surface area (Å²) in [5, 5.41) is 5.32. The van der Waals surface area contributed by atoms with E-state index in [1.165, 1.54) is 0 Å². The van der Waals surface area contributed by atoms with Gasteiger partial charge in [0.05, 0.1) is 5.52 Å². The van der Waals surface area contributed by atoms with E-state index in [2.05, 4.69) is 21.3 Å². The molecule has 0 aliphatic rings. The summed E-state index contributed by atoms with van der Waals surface area (Å²) in [5.41, 5.74) is 3.00. The van der Waals surface area contributed by atoms with Gasteiger partial charge in [0, 0.05) is 53.2 Å². The van der Waals surface area contributed by atoms with Crippen LogP contribution in [0.15, 0.2) is 24.3 Å². The Morgan fingerprint density at radius 1 is 1.08 bits per heavy atom. The van der Waals surface area contributed by atoms with Gasteiger partial charge in [-0.05, 0) is 44.2 Å². The minimum Gasteiger partial charge on any atom is -0.384 e. The average molecular weight is 411 g/mol. The van der Waals surface area contributed by atoms with E-state index in [4.69, 9.17) is 34.8 Å². The number of aromatic nitrogens is 1. The van der Waals surface area contributed by atoms with Gasteiger partial charge in [-0.3, -0.25) is 4.98 Å². The van der Waals surface area contributed by atoms with Crippen LogP contribution in [0.3, 0.4) is 0 Å². The second-order valence-electron chi connectivity index (χ2n) is 5.47. The van der Waals surface area contributed by atoms with Gasteiger partial charge < -0.3 is 10.2 Å². The molecule has 1 N–H and O–H groups in total. The van der Waals surface area contributed by atoms with Crippen molar-refractivity contribution >= 4 is 63.8 Å². The molecule has 0 amide bonds. The molecule has 0 spiro atoms. The van der Waals surface area contributed by atoms with Crippen LogP contribution in [0.4, 0.5) is 5.69 Å². The lowest BCUT2D eigenvalue weighted by molar-refractivity contribution is 0.306. The Bertz CT molecular complexity index is 625. The smallest absolute Gasteiger partial charge is 0.0740 e. The van der Waals surface area contributed by atoms with Gasteiger partial charge in [0.2, 0.25) is 0 Å². The van der Waals surface area contributed by atoms with Crippen molar-refractivity contribution < 1.29 is 0 Å². The van der Waals surface area contributed by atoms with Crippen molar-refractivity contribution in [1.82, 2.24) is 9.88 Å². The summed E-state index contributed by atoms with van der Waals surface area (Å²) < 4.78 is 0. The molecule has 0 saturated heterocycles. The number of pyridine rings is 1. The molecule has 1 heterocycles. The number of hydrogen-bond acceptors (Lipinski definition) is 3. The lowest BCUT2D eigenvalue weighted by Crippen LogP contribution is -2.30. The minimum absolute atomic E-state index is 0. The van der Waals surface area contributed by atoms with Crippen molar-refractivity contribution in [3.05, 3.63) is 35.0 Å². The number of aryl methyl sites for hydroxylation is 1. The third-order valence-electron chi connectivity index (χ3n) is 3.67. The molecule has 0 bridgehead atoms. The van der Waals surface area contributed by atoms with Crippen LogP contribution < -0.4 is 5.32 Å². The maximum atomic E-state index is 6.06. The number of rotatable bonds is 9. The second-order valence-corrected chi connectivity index (χ2v) is 6.66. The highest BCUT2D eigenvalue weighted by Crippen LogP contribution is 2.25. The quantitative estimate of drug-likeness (QED) is 0.454. The number of halogens is 4. The topological polar surface area (TPSA) is 28.2 Å². The van der Waals surface area contributed by atoms with Crippen LogP contribution >= 0.6 is 47.2 Å². The highest BCUT2D eigenvalue weighted by molar-refractivity contribution is 6.31. The first-order chi connectivity index (χ1) is 11.1. The number of alkyl halides is 2. The maximum absolute atomic E-state index is 6.06. The summed E-state index contributed by atoms with van der Waals surface area (Å²) in [4.78, 5) is 6.83. The first-order valence-corrected chi connectivity index (χ1v) is 9.24. The first-order valence-electron chi connectivity index (χ1n) is 7.79. The fourth-order valence-corrected chi connectivity index (χ4v) is 3.22. The highest BCUT2D eigenvalue weighted by atomic mass is 35.5. The largest absolute Gasteiger partial charge is 0.384 e. The molecular weight excluding hydrogens is 388 g/mol. The van der Waals surface area contributed by atoms with Gasteiger partial charge in [-0.15, -0.1) is 35.6 Å². The van der Waals surface area contributed by atoms with E-state index in [1.807, 2.05) is 25.1 Å². The minimum atomic E-state index is 0. The van der Waals surface area contributed by atoms with Crippen LogP contribution in [0, 0.1) is 6.92 Å². The summed E-state index contributed by atoms with van der Waals surface area (Å²) in [5.74, 6) is 1.28. The lowest BCUT2D eigenvalue weighted by atomic mass is 10.1. The zero-order chi connectivity index (χ0) is 16.7. The molecule has 1 aromatic carbocycles. The third kappa shape index (κ3) is 6.45. The van der Waals surface area contributed by atoms with Crippen LogP contribution in [-0.4, -0.2) is 47.8 Å². The highest BCUT2D eigenvalue weighted by Gasteiger charge is 2.06. The second kappa shape index (κ2) is 11.2. The SMILES string of the molecule is Cc1cc(NCCCN(CCCl)CCCl)c2ccc(Cl)cc2n1.Cl. The predicted molar refractivity (Wildman–Crippen MR) is 110 cm³/mol. The first kappa shape index (κ1) is 21.6. The fraction of sp³-hybridized carbons (Fsp3) is 0.471. The van der Waals surface area contributed by atoms with E-state index >= 15 is 0 Å². The molecule has 0 unspecified atom stereocenters. The maximum Gasteiger partial charge on any atom is 0.0740 e. The lowest BCUT2D eigenvalue weighted by Gasteiger charge is -2.20. The van der Waals surface area contributed by atoms with E-state index < -0.39 is 0 Å². The molecule has 0 saturated carbocycles. The fourth-order valence-electron chi connectivity index (χ4n) is 2.58. The Morgan fingerprint density at radius 3 is 2.46 bits per heavy atom. The van der Waals surface area contributed by atoms with Crippen LogP contribution in [0.25, 0.3) is 10.9 Å². The number of nitrogens with zero attached hydrogens (tertiary/aromatic N) is 2. The van der Waals surface area contributed by atoms with Crippen molar-refractivity contribution in [1.29, 1.82) is 0 Å². The van der Waals surface area contributed by atoms with Crippen LogP contribution in [-0.2, 0) is 0 Å². The molecule has 0 aliphatic heterocycles. The number of benzene rings is 1. The van der Waals surface area contributed by atoms with Crippen molar-refractivity contribution in [2.45, 2.75) is 13.3 Å². The summed E-state index contributed by atoms with van der Waals surface area (Å²) in [6.45, 7) is 5.63. The number of hydrogen-bond donors (Lipinski definition) is 1. The third-order valence-corrected chi connectivity index (χ3v) is 4.24. The van der Waals surface area contributed by atoms with Gasteiger partial charge in [0.15, 0.2) is 0 Å². The van der Waals surface area contributed by atoms with Crippen LogP contribution in [0.1, 0.15) is 12.1 Å². The summed E-state index contributed by atoms with van der Waals surface area (Å²) in [6, 6.07) is 7.89. The molecule has 0 radical (unpaired) electrons. The van der Waals surface area contributed by atoms with Crippen LogP contribution in [0.2, 0.25) is 5.02 Å². The molecule has 2 rings (SSSR count). The normalized spacial score (nSPS) is 10.9. The Hall–Kier alpha value is -0.450. The molecule has 7 heteroatoms. The van der Waals surface area contributed by atoms with Crippen molar-refractivity contribution in [2.24, 2.45) is 0 Å². The summed E-state index contributed by atoms with van der Waals surface area (Å²) in [7, 11) is 0. The van der Waals surface area contributed by atoms with Gasteiger partial charge in [0.1, 0.15) is 0 Å². The summed E-state index contributed by atoms with van der Waals surface area (Å²) in [6.07, 6.45) is 1.03. The Morgan fingerprint density at radius 2 is 1.79 bits per heavy atom. The zero-order valence-corrected chi connectivity index (χ0v) is 16.8. The van der Waals surface area contributed by atoms with E-state index in [-0.39, 0.29) is 12.4 Å². The standard InChI is InChI=1S/C17H22Cl3N3.ClH/c1-13-11-16(15-4-3-14(20)12-17(15)22-13)21-7-2-8-23(9-5-18)10-6-19;/h3-4,11-12H,2,5-10H2,1H3,(H,21,22);1H. The summed E-state index contributed by atoms with van der Waals surface area (Å²) >= 11 is 17.7. The zero-order valence-electron chi connectivity index (χ0n) is 13.7. The Balaban J connectivity index is 0.00000288. The number of fused-ring (bicyclic) bond motifs is 1. The molecule has 0 fully saturated rings. The Kier molecular flexibility index (Phi) is 10.1. The van der Waals surface area contributed by atoms with Gasteiger partial charge in [-0.1, -0.05) is 11.6 Å². The van der Waals surface area contributed by atoms with Crippen molar-refractivity contribution in [3.63, 3.8) is 0 Å². The predicted octanol–water partition coefficient (Wildman–Crippen LogP) is 5.20. The Labute approximate surface area is 165 Å². The molecule has 134 valence electrons. The van der Waals surface area contributed by atoms with E-state index in [9.17, 15) is 0 Å². The van der Waals surface area contributed by atoms with Gasteiger partial charge in [0.25, 0.3) is 0 Å². The van der Waals surface area contributed by atoms with E-state index in [0.29, 0.717) is 16.8 Å². The molecule has 0 atom stereocenters. The molecule has 1 aromatic heterocycles. The molecular formula is C17H23Cl4N3. The average Bonchev–Trinajstić information content (AvgIpc) is 2.51. The molecule has 2 aromatic rings. The van der Waals surface area contributed by atoms with E-state index in [1.54, 1.807) is 0 Å². The molecule has 24 heavy (non-hydrogen) atoms. The van der Waals surface area contributed by atoms with E-state index in [0.717, 1.165) is 54.9 Å². The van der Waals surface area contributed by atoms with Gasteiger partial charge in [-0.25, -0.2) is 0 Å². The molecule has 3 nitrogen and oxygen atoms in total. The van der Waals surface area contributed by atoms with Gasteiger partial charge in [-0.2, -0.15) is 0 Å². The monoisotopic (exact) mass is 409 g/mol. The van der Waals surface area contributed by atoms with Crippen molar-refractivity contribution in [2.75, 3.05) is 43.3 Å².